The van der Waals surface area contributed by atoms with Gasteiger partial charge in [0.2, 0.25) is 0 Å². The summed E-state index contributed by atoms with van der Waals surface area (Å²) in [5, 5.41) is 1.24. The zero-order chi connectivity index (χ0) is 23.2. The van der Waals surface area contributed by atoms with Gasteiger partial charge in [0.1, 0.15) is 18.2 Å². The first kappa shape index (κ1) is 21.1. The Hall–Kier alpha value is -3.51. The highest BCUT2D eigenvalue weighted by Crippen LogP contribution is 2.44. The maximum atomic E-state index is 13.5. The molecule has 1 aromatic heterocycles. The summed E-state index contributed by atoms with van der Waals surface area (Å²) in [6.45, 7) is 2.19. The third kappa shape index (κ3) is 3.59. The van der Waals surface area contributed by atoms with E-state index in [1.165, 1.54) is 39.9 Å². The van der Waals surface area contributed by atoms with Gasteiger partial charge in [0.05, 0.1) is 14.2 Å². The van der Waals surface area contributed by atoms with Crippen LogP contribution in [0.2, 0.25) is 0 Å². The first-order chi connectivity index (χ1) is 16.6. The molecule has 5 nitrogen and oxygen atoms in total. The molecular weight excluding hydrogens is 431 g/mol. The summed E-state index contributed by atoms with van der Waals surface area (Å²) < 4.78 is 30.8. The predicted octanol–water partition coefficient (Wildman–Crippen LogP) is 5.56. The van der Waals surface area contributed by atoms with E-state index in [-0.39, 0.29) is 11.9 Å². The summed E-state index contributed by atoms with van der Waals surface area (Å²) in [6, 6.07) is 17.3. The summed E-state index contributed by atoms with van der Waals surface area (Å²) in [7, 11) is 3.38. The Labute approximate surface area is 198 Å². The van der Waals surface area contributed by atoms with Crippen molar-refractivity contribution < 1.29 is 18.6 Å². The minimum absolute atomic E-state index is 0.259. The Kier molecular flexibility index (Phi) is 5.18. The molecule has 2 aliphatic heterocycles. The number of rotatable bonds is 5. The standard InChI is InChI=1S/C28H27FN2O3/c1-32-20-6-7-24-22(12-20)23-13-26-21-14-27(33-2)28(34-16-17-4-3-5-19(29)10-17)11-18(21)8-9-31(26)15-25(23)30-24/h3-7,10-12,14,26,30H,8-9,13,15-16H2,1-2H3. The fourth-order valence-corrected chi connectivity index (χ4v) is 5.42. The average Bonchev–Trinajstić information content (AvgIpc) is 3.22. The number of methoxy groups -OCH3 is 2. The lowest BCUT2D eigenvalue weighted by molar-refractivity contribution is 0.158. The van der Waals surface area contributed by atoms with Crippen LogP contribution in [-0.2, 0) is 26.0 Å². The Balaban J connectivity index is 1.32. The molecule has 0 amide bonds. The van der Waals surface area contributed by atoms with Crippen molar-refractivity contribution >= 4 is 10.9 Å². The Morgan fingerprint density at radius 2 is 1.94 bits per heavy atom. The van der Waals surface area contributed by atoms with Crippen molar-refractivity contribution in [3.63, 3.8) is 0 Å². The SMILES string of the molecule is COc1ccc2[nH]c3c(c2c1)CC1c2cc(OC)c(OCc4cccc(F)c4)cc2CCN1C3. The minimum Gasteiger partial charge on any atom is -0.497 e. The van der Waals surface area contributed by atoms with Gasteiger partial charge >= 0.3 is 0 Å². The molecule has 0 bridgehead atoms. The molecule has 174 valence electrons. The van der Waals surface area contributed by atoms with Crippen molar-refractivity contribution in [2.45, 2.75) is 32.0 Å². The number of halogens is 1. The number of benzene rings is 3. The molecule has 0 aliphatic carbocycles. The van der Waals surface area contributed by atoms with Crippen molar-refractivity contribution in [2.75, 3.05) is 20.8 Å². The molecule has 2 aliphatic rings. The van der Waals surface area contributed by atoms with Gasteiger partial charge in [-0.25, -0.2) is 4.39 Å². The quantitative estimate of drug-likeness (QED) is 0.425. The lowest BCUT2D eigenvalue weighted by Gasteiger charge is -2.40. The van der Waals surface area contributed by atoms with E-state index in [0.29, 0.717) is 18.1 Å². The van der Waals surface area contributed by atoms with Crippen molar-refractivity contribution in [2.24, 2.45) is 0 Å². The molecule has 1 N–H and O–H groups in total. The molecule has 0 saturated heterocycles. The second kappa shape index (κ2) is 8.37. The average molecular weight is 459 g/mol. The minimum atomic E-state index is -0.259. The number of nitrogens with one attached hydrogen (secondary N) is 1. The van der Waals surface area contributed by atoms with Gasteiger partial charge in [-0.3, -0.25) is 4.90 Å². The predicted molar refractivity (Wildman–Crippen MR) is 129 cm³/mol. The maximum absolute atomic E-state index is 13.5. The van der Waals surface area contributed by atoms with Crippen LogP contribution < -0.4 is 14.2 Å². The largest absolute Gasteiger partial charge is 0.497 e. The van der Waals surface area contributed by atoms with Gasteiger partial charge in [-0.15, -0.1) is 0 Å². The monoisotopic (exact) mass is 458 g/mol. The molecule has 6 heteroatoms. The Morgan fingerprint density at radius 1 is 1.03 bits per heavy atom. The highest BCUT2D eigenvalue weighted by molar-refractivity contribution is 5.86. The van der Waals surface area contributed by atoms with E-state index in [0.717, 1.165) is 42.8 Å². The van der Waals surface area contributed by atoms with Gasteiger partial charge in [0.25, 0.3) is 0 Å². The molecule has 4 aromatic rings. The first-order valence-corrected chi connectivity index (χ1v) is 11.6. The number of H-pyrrole nitrogens is 1. The number of nitrogens with zero attached hydrogens (tertiary/aromatic N) is 1. The highest BCUT2D eigenvalue weighted by Gasteiger charge is 2.34. The van der Waals surface area contributed by atoms with E-state index < -0.39 is 0 Å². The van der Waals surface area contributed by atoms with Crippen LogP contribution in [0.3, 0.4) is 0 Å². The topological polar surface area (TPSA) is 46.7 Å². The fourth-order valence-electron chi connectivity index (χ4n) is 5.42. The lowest BCUT2D eigenvalue weighted by atomic mass is 9.85. The molecule has 34 heavy (non-hydrogen) atoms. The molecule has 0 spiro atoms. The molecule has 1 unspecified atom stereocenters. The van der Waals surface area contributed by atoms with E-state index in [2.05, 4.69) is 34.1 Å². The van der Waals surface area contributed by atoms with E-state index >= 15 is 0 Å². The zero-order valence-electron chi connectivity index (χ0n) is 19.4. The second-order valence-corrected chi connectivity index (χ2v) is 9.05. The van der Waals surface area contributed by atoms with Crippen LogP contribution in [0, 0.1) is 5.82 Å². The first-order valence-electron chi connectivity index (χ1n) is 11.6. The van der Waals surface area contributed by atoms with E-state index in [1.54, 1.807) is 20.3 Å². The van der Waals surface area contributed by atoms with Gasteiger partial charge in [0.15, 0.2) is 11.5 Å². The number of hydrogen-bond donors (Lipinski definition) is 1. The van der Waals surface area contributed by atoms with E-state index in [4.69, 9.17) is 14.2 Å². The molecule has 0 fully saturated rings. The molecule has 3 aromatic carbocycles. The van der Waals surface area contributed by atoms with E-state index in [9.17, 15) is 4.39 Å². The van der Waals surface area contributed by atoms with Crippen LogP contribution in [0.15, 0.2) is 54.6 Å². The van der Waals surface area contributed by atoms with Crippen LogP contribution in [0.25, 0.3) is 10.9 Å². The molecule has 3 heterocycles. The Morgan fingerprint density at radius 3 is 2.76 bits per heavy atom. The van der Waals surface area contributed by atoms with Crippen LogP contribution in [0.4, 0.5) is 4.39 Å². The second-order valence-electron chi connectivity index (χ2n) is 9.05. The third-order valence-electron chi connectivity index (χ3n) is 7.14. The van der Waals surface area contributed by atoms with Gasteiger partial charge in [-0.05, 0) is 77.6 Å². The maximum Gasteiger partial charge on any atom is 0.161 e. The summed E-state index contributed by atoms with van der Waals surface area (Å²) >= 11 is 0. The zero-order valence-corrected chi connectivity index (χ0v) is 19.4. The summed E-state index contributed by atoms with van der Waals surface area (Å²) in [5.74, 6) is 2.03. The summed E-state index contributed by atoms with van der Waals surface area (Å²) in [6.07, 6.45) is 1.89. The molecule has 6 rings (SSSR count). The van der Waals surface area contributed by atoms with Crippen molar-refractivity contribution in [1.29, 1.82) is 0 Å². The fraction of sp³-hybridized carbons (Fsp3) is 0.286. The number of hydrogen-bond acceptors (Lipinski definition) is 4. The van der Waals surface area contributed by atoms with Crippen LogP contribution in [0.5, 0.6) is 17.2 Å². The Bertz CT molecular complexity index is 1380. The van der Waals surface area contributed by atoms with Crippen molar-refractivity contribution in [3.8, 4) is 17.2 Å². The molecule has 0 radical (unpaired) electrons. The van der Waals surface area contributed by atoms with Gasteiger partial charge in [0, 0.05) is 35.7 Å². The molecular formula is C28H27FN2O3. The number of ether oxygens (including phenoxy) is 3. The van der Waals surface area contributed by atoms with Crippen LogP contribution >= 0.6 is 0 Å². The smallest absolute Gasteiger partial charge is 0.161 e. The summed E-state index contributed by atoms with van der Waals surface area (Å²) in [5.41, 5.74) is 7.20. The lowest BCUT2D eigenvalue weighted by Crippen LogP contribution is -2.39. The van der Waals surface area contributed by atoms with Crippen molar-refractivity contribution in [3.05, 3.63) is 88.4 Å². The molecule has 0 saturated carbocycles. The molecule has 1 atom stereocenters. The van der Waals surface area contributed by atoms with Gasteiger partial charge in [-0.1, -0.05) is 12.1 Å². The number of fused-ring (bicyclic) bond motifs is 6. The van der Waals surface area contributed by atoms with Crippen molar-refractivity contribution in [1.82, 2.24) is 9.88 Å². The van der Waals surface area contributed by atoms with Crippen LogP contribution in [-0.4, -0.2) is 30.6 Å². The van der Waals surface area contributed by atoms with Crippen LogP contribution in [0.1, 0.15) is 34.0 Å². The normalized spacial score (nSPS) is 17.1. The number of aromatic nitrogens is 1. The third-order valence-corrected chi connectivity index (χ3v) is 7.14. The van der Waals surface area contributed by atoms with E-state index in [1.807, 2.05) is 12.1 Å². The van der Waals surface area contributed by atoms with Gasteiger partial charge < -0.3 is 19.2 Å². The highest BCUT2D eigenvalue weighted by atomic mass is 19.1. The number of aromatic amines is 1. The van der Waals surface area contributed by atoms with Gasteiger partial charge in [-0.2, -0.15) is 0 Å². The summed E-state index contributed by atoms with van der Waals surface area (Å²) in [4.78, 5) is 6.17.